The fourth-order valence-electron chi connectivity index (χ4n) is 6.61. The van der Waals surface area contributed by atoms with Crippen LogP contribution < -0.4 is 4.90 Å². The van der Waals surface area contributed by atoms with Crippen LogP contribution in [-0.2, 0) is 0 Å². The summed E-state index contributed by atoms with van der Waals surface area (Å²) in [6.07, 6.45) is 0. The van der Waals surface area contributed by atoms with Gasteiger partial charge in [0.25, 0.3) is 0 Å². The molecule has 0 aliphatic carbocycles. The van der Waals surface area contributed by atoms with Crippen molar-refractivity contribution in [2.24, 2.45) is 0 Å². The van der Waals surface area contributed by atoms with Crippen molar-refractivity contribution in [2.45, 2.75) is 0 Å². The van der Waals surface area contributed by atoms with Gasteiger partial charge in [-0.25, -0.2) is 0 Å². The molecule has 2 heteroatoms. The molecule has 0 unspecified atom stereocenters. The zero-order valence-corrected chi connectivity index (χ0v) is 26.1. The fourth-order valence-corrected chi connectivity index (χ4v) is 6.61. The highest BCUT2D eigenvalue weighted by atomic mass is 16.3. The second kappa shape index (κ2) is 11.5. The molecule has 234 valence electrons. The molecule has 0 saturated carbocycles. The number of benzene rings is 9. The SMILES string of the molecule is [2H]c1c([2H])c(N(c2c([2H])c([2H])c(-c3c([2H])c([2H])c([2H])c4c([2H])c([2H])c([2H])c([2H])c34)c([2H])c2[2H])c2cccc3oc4c5ccccc5ccc4c23)c([2H])c([2H])c1-c1cccc2ccccc12. The Bertz CT molecular complexity index is 3680. The molecule has 10 aromatic rings. The summed E-state index contributed by atoms with van der Waals surface area (Å²) in [5.74, 6) is 0. The number of hydrogen-bond acceptors (Lipinski definition) is 2. The van der Waals surface area contributed by atoms with Crippen molar-refractivity contribution in [3.63, 3.8) is 0 Å². The molecule has 0 aliphatic heterocycles. The van der Waals surface area contributed by atoms with E-state index in [9.17, 15) is 11.0 Å². The Kier molecular flexibility index (Phi) is 3.95. The highest BCUT2D eigenvalue weighted by Gasteiger charge is 2.21. The molecule has 0 bridgehead atoms. The van der Waals surface area contributed by atoms with Crippen molar-refractivity contribution in [3.05, 3.63) is 188 Å². The molecule has 0 saturated heterocycles. The van der Waals surface area contributed by atoms with Crippen molar-refractivity contribution in [1.82, 2.24) is 0 Å². The summed E-state index contributed by atoms with van der Waals surface area (Å²) in [5, 5.41) is 3.20. The van der Waals surface area contributed by atoms with Crippen molar-refractivity contribution < 1.29 is 25.0 Å². The van der Waals surface area contributed by atoms with Crippen molar-refractivity contribution in [3.8, 4) is 22.3 Å². The number of rotatable bonds is 5. The minimum Gasteiger partial charge on any atom is -0.455 e. The van der Waals surface area contributed by atoms with Crippen LogP contribution in [0.25, 0.3) is 76.5 Å². The van der Waals surface area contributed by atoms with Gasteiger partial charge in [0.1, 0.15) is 11.2 Å². The van der Waals surface area contributed by atoms with E-state index in [1.807, 2.05) is 60.7 Å². The maximum atomic E-state index is 9.69. The van der Waals surface area contributed by atoms with Gasteiger partial charge in [-0.15, -0.1) is 0 Å². The van der Waals surface area contributed by atoms with Gasteiger partial charge in [-0.05, 0) is 91.6 Å². The van der Waals surface area contributed by atoms with Crippen LogP contribution in [0.3, 0.4) is 0 Å². The fraction of sp³-hybridized carbons (Fsp3) is 0. The Balaban J connectivity index is 1.34. The number of furan rings is 1. The van der Waals surface area contributed by atoms with Gasteiger partial charge >= 0.3 is 0 Å². The minimum atomic E-state index is -0.803. The van der Waals surface area contributed by atoms with E-state index in [0.29, 0.717) is 32.9 Å². The number of anilines is 3. The molecule has 0 fully saturated rings. The second-order valence-corrected chi connectivity index (χ2v) is 11.7. The van der Waals surface area contributed by atoms with Crippen LogP contribution in [0.4, 0.5) is 17.1 Å². The molecule has 0 amide bonds. The summed E-state index contributed by atoms with van der Waals surface area (Å²) in [7, 11) is 0. The van der Waals surface area contributed by atoms with Crippen LogP contribution in [0.15, 0.2) is 192 Å². The zero-order valence-electron chi connectivity index (χ0n) is 41.1. The molecule has 0 aliphatic rings. The molecule has 2 nitrogen and oxygen atoms in total. The molecule has 10 rings (SSSR count). The summed E-state index contributed by atoms with van der Waals surface area (Å²) in [6.45, 7) is 0. The third kappa shape index (κ3) is 4.57. The van der Waals surface area contributed by atoms with Crippen molar-refractivity contribution in [1.29, 1.82) is 0 Å². The Morgan fingerprint density at radius 2 is 1.06 bits per heavy atom. The maximum Gasteiger partial charge on any atom is 0.143 e. The molecule has 9 aromatic carbocycles. The van der Waals surface area contributed by atoms with Gasteiger partial charge in [-0.2, -0.15) is 0 Å². The molecule has 1 aromatic heterocycles. The number of nitrogens with zero attached hydrogens (tertiary/aromatic N) is 1. The van der Waals surface area contributed by atoms with E-state index in [4.69, 9.17) is 14.0 Å². The van der Waals surface area contributed by atoms with Gasteiger partial charge in [-0.1, -0.05) is 145 Å². The third-order valence-electron chi connectivity index (χ3n) is 8.90. The lowest BCUT2D eigenvalue weighted by molar-refractivity contribution is 0.672. The lowest BCUT2D eigenvalue weighted by Gasteiger charge is -2.27. The predicted molar refractivity (Wildman–Crippen MR) is 212 cm³/mol. The van der Waals surface area contributed by atoms with Crippen LogP contribution in [0, 0.1) is 0 Å². The van der Waals surface area contributed by atoms with Crippen LogP contribution in [0.1, 0.15) is 20.6 Å². The van der Waals surface area contributed by atoms with E-state index in [2.05, 4.69) is 0 Å². The van der Waals surface area contributed by atoms with Crippen LogP contribution in [0.2, 0.25) is 0 Å². The first kappa shape index (κ1) is 17.1. The highest BCUT2D eigenvalue weighted by Crippen LogP contribution is 2.45. The summed E-state index contributed by atoms with van der Waals surface area (Å²) >= 11 is 0. The topological polar surface area (TPSA) is 16.4 Å². The van der Waals surface area contributed by atoms with E-state index >= 15 is 0 Å². The predicted octanol–water partition coefficient (Wildman–Crippen LogP) is 13.8. The van der Waals surface area contributed by atoms with E-state index in [0.717, 1.165) is 16.2 Å². The first-order chi connectivity index (χ1) is 31.1. The van der Waals surface area contributed by atoms with Gasteiger partial charge in [0.15, 0.2) is 0 Å². The largest absolute Gasteiger partial charge is 0.455 e. The number of hydrogen-bond donors (Lipinski definition) is 0. The van der Waals surface area contributed by atoms with E-state index in [1.165, 1.54) is 4.90 Å². The number of fused-ring (bicyclic) bond motifs is 7. The Morgan fingerprint density at radius 1 is 0.420 bits per heavy atom. The molecule has 1 heterocycles. The average Bonchev–Trinajstić information content (AvgIpc) is 3.71. The summed E-state index contributed by atoms with van der Waals surface area (Å²) in [4.78, 5) is 1.17. The minimum absolute atomic E-state index is 0.00250. The third-order valence-corrected chi connectivity index (χ3v) is 8.90. The van der Waals surface area contributed by atoms with Crippen LogP contribution in [-0.4, -0.2) is 0 Å². The van der Waals surface area contributed by atoms with E-state index in [-0.39, 0.29) is 11.3 Å². The van der Waals surface area contributed by atoms with Gasteiger partial charge < -0.3 is 9.32 Å². The average molecular weight is 653 g/mol. The van der Waals surface area contributed by atoms with E-state index < -0.39 is 124 Å². The second-order valence-electron chi connectivity index (χ2n) is 11.7. The summed E-state index contributed by atoms with van der Waals surface area (Å²) in [5.41, 5.74) is -0.651. The summed E-state index contributed by atoms with van der Waals surface area (Å²) < 4.78 is 144. The lowest BCUT2D eigenvalue weighted by Crippen LogP contribution is -2.10. The first-order valence-corrected chi connectivity index (χ1v) is 15.9. The molecule has 0 spiro atoms. The zero-order chi connectivity index (χ0) is 46.1. The van der Waals surface area contributed by atoms with Gasteiger partial charge in [0, 0.05) is 22.1 Å². The van der Waals surface area contributed by atoms with E-state index in [1.54, 1.807) is 36.4 Å². The van der Waals surface area contributed by atoms with Gasteiger partial charge in [0.2, 0.25) is 0 Å². The Morgan fingerprint density at radius 3 is 1.86 bits per heavy atom. The molecule has 0 atom stereocenters. The molecule has 50 heavy (non-hydrogen) atoms. The van der Waals surface area contributed by atoms with Crippen LogP contribution in [0.5, 0.6) is 0 Å². The monoisotopic (exact) mass is 652 g/mol. The van der Waals surface area contributed by atoms with Crippen molar-refractivity contribution in [2.75, 3.05) is 4.90 Å². The van der Waals surface area contributed by atoms with Gasteiger partial charge in [-0.3, -0.25) is 0 Å². The van der Waals surface area contributed by atoms with Crippen LogP contribution >= 0.6 is 0 Å². The molecular formula is C48H31NO. The normalized spacial score (nSPS) is 15.8. The Hall–Kier alpha value is -6.64. The smallest absolute Gasteiger partial charge is 0.143 e. The highest BCUT2D eigenvalue weighted by molar-refractivity contribution is 6.19. The molecule has 0 N–H and O–H groups in total. The first-order valence-electron chi connectivity index (χ1n) is 23.4. The summed E-state index contributed by atoms with van der Waals surface area (Å²) in [6, 6.07) is 18.6. The standard InChI is InChI=1S/C48H31NO/c1-4-15-39-32(10-1)13-7-18-41(39)35-22-27-37(28-23-35)49(38-29-24-36(25-30-38)42-19-8-14-33-11-2-5-16-40(33)42)45-20-9-21-46-47(45)44-31-26-34-12-3-6-17-43(34)48(44)50-46/h1-31H/i1D,4D,7D,10D,13D,15D,18D,22D,23D,24D,25D,27D,28D,29D,30D. The van der Waals surface area contributed by atoms with Gasteiger partial charge in [0.05, 0.1) is 31.6 Å². The molecule has 0 radical (unpaired) electrons. The maximum absolute atomic E-state index is 9.69. The molecular weight excluding hydrogens is 607 g/mol. The van der Waals surface area contributed by atoms with Crippen molar-refractivity contribution >= 4 is 71.3 Å². The quantitative estimate of drug-likeness (QED) is 0.184. The Labute approximate surface area is 311 Å². The lowest BCUT2D eigenvalue weighted by atomic mass is 9.97.